The first-order valence-corrected chi connectivity index (χ1v) is 8.47. The first kappa shape index (κ1) is 15.1. The molecular formula is C18H22N4O2. The van der Waals surface area contributed by atoms with Crippen LogP contribution < -0.4 is 10.1 Å². The lowest BCUT2D eigenvalue weighted by molar-refractivity contribution is 0.210. The maximum atomic E-state index is 12.7. The molecule has 2 amide bonds. The Labute approximate surface area is 141 Å². The van der Waals surface area contributed by atoms with E-state index in [4.69, 9.17) is 4.74 Å². The molecule has 4 rings (SSSR count). The zero-order chi connectivity index (χ0) is 16.7. The lowest BCUT2D eigenvalue weighted by Gasteiger charge is -2.20. The maximum absolute atomic E-state index is 12.7. The van der Waals surface area contributed by atoms with Gasteiger partial charge < -0.3 is 15.0 Å². The Morgan fingerprint density at radius 1 is 1.33 bits per heavy atom. The van der Waals surface area contributed by atoms with Gasteiger partial charge in [-0.1, -0.05) is 0 Å². The lowest BCUT2D eigenvalue weighted by Crippen LogP contribution is -2.34. The van der Waals surface area contributed by atoms with E-state index < -0.39 is 0 Å². The van der Waals surface area contributed by atoms with Gasteiger partial charge in [0.1, 0.15) is 11.9 Å². The van der Waals surface area contributed by atoms with Crippen LogP contribution >= 0.6 is 0 Å². The number of fused-ring (bicyclic) bond motifs is 2. The fraction of sp³-hybridized carbons (Fsp3) is 0.444. The number of aromatic nitrogens is 2. The number of urea groups is 1. The summed E-state index contributed by atoms with van der Waals surface area (Å²) in [4.78, 5) is 14.5. The topological polar surface area (TPSA) is 59.4 Å². The molecule has 0 saturated heterocycles. The number of nitrogens with zero attached hydrogens (tertiary/aromatic N) is 3. The number of ether oxygens (including phenoxy) is 1. The van der Waals surface area contributed by atoms with Crippen molar-refractivity contribution in [2.75, 3.05) is 11.9 Å². The van der Waals surface area contributed by atoms with Crippen molar-refractivity contribution < 1.29 is 9.53 Å². The molecular weight excluding hydrogens is 304 g/mol. The van der Waals surface area contributed by atoms with Crippen molar-refractivity contribution in [3.8, 4) is 5.75 Å². The van der Waals surface area contributed by atoms with Gasteiger partial charge in [0.2, 0.25) is 0 Å². The second-order valence-corrected chi connectivity index (χ2v) is 6.66. The average molecular weight is 326 g/mol. The van der Waals surface area contributed by atoms with E-state index in [0.29, 0.717) is 6.54 Å². The monoisotopic (exact) mass is 326 g/mol. The highest BCUT2D eigenvalue weighted by atomic mass is 16.5. The number of carbonyl (C=O) groups is 1. The van der Waals surface area contributed by atoms with Gasteiger partial charge in [-0.3, -0.25) is 4.68 Å². The molecule has 24 heavy (non-hydrogen) atoms. The molecule has 2 aliphatic heterocycles. The van der Waals surface area contributed by atoms with Crippen molar-refractivity contribution >= 4 is 11.7 Å². The van der Waals surface area contributed by atoms with E-state index in [1.807, 2.05) is 34.7 Å². The maximum Gasteiger partial charge on any atom is 0.322 e. The summed E-state index contributed by atoms with van der Waals surface area (Å²) in [6.45, 7) is 6.23. The molecule has 0 spiro atoms. The third kappa shape index (κ3) is 2.84. The van der Waals surface area contributed by atoms with Gasteiger partial charge in [0.25, 0.3) is 0 Å². The van der Waals surface area contributed by atoms with Crippen LogP contribution in [0.5, 0.6) is 5.75 Å². The zero-order valence-electron chi connectivity index (χ0n) is 14.1. The quantitative estimate of drug-likeness (QED) is 0.876. The summed E-state index contributed by atoms with van der Waals surface area (Å²) in [5, 5.41) is 7.50. The highest BCUT2D eigenvalue weighted by Crippen LogP contribution is 2.31. The van der Waals surface area contributed by atoms with E-state index in [0.717, 1.165) is 54.3 Å². The SMILES string of the molecule is Cc1cc2n(n1)CCCN(C(=O)Nc1ccc3c(c1)C[C@@H](C)O3)C2. The lowest BCUT2D eigenvalue weighted by atomic mass is 10.1. The van der Waals surface area contributed by atoms with Crippen LogP contribution in [0.1, 0.15) is 30.3 Å². The molecule has 0 fully saturated rings. The minimum Gasteiger partial charge on any atom is -0.490 e. The molecule has 0 unspecified atom stereocenters. The van der Waals surface area contributed by atoms with Crippen LogP contribution in [0.3, 0.4) is 0 Å². The van der Waals surface area contributed by atoms with E-state index in [1.54, 1.807) is 0 Å². The number of anilines is 1. The van der Waals surface area contributed by atoms with Gasteiger partial charge >= 0.3 is 6.03 Å². The van der Waals surface area contributed by atoms with E-state index >= 15 is 0 Å². The molecule has 6 nitrogen and oxygen atoms in total. The number of carbonyl (C=O) groups excluding carboxylic acids is 1. The molecule has 2 aliphatic rings. The molecule has 0 saturated carbocycles. The summed E-state index contributed by atoms with van der Waals surface area (Å²) >= 11 is 0. The number of rotatable bonds is 1. The molecule has 1 aromatic heterocycles. The van der Waals surface area contributed by atoms with Crippen LogP contribution in [0.4, 0.5) is 10.5 Å². The summed E-state index contributed by atoms with van der Waals surface area (Å²) in [6.07, 6.45) is 2.01. The minimum absolute atomic E-state index is 0.0609. The second-order valence-electron chi connectivity index (χ2n) is 6.66. The number of nitrogens with one attached hydrogen (secondary N) is 1. The standard InChI is InChI=1S/C18H22N4O2/c1-12-8-16-11-21(6-3-7-22(16)20-12)18(23)19-15-4-5-17-14(10-15)9-13(2)24-17/h4-5,8,10,13H,3,6-7,9,11H2,1-2H3,(H,19,23)/t13-/m1/s1. The number of amides is 2. The highest BCUT2D eigenvalue weighted by molar-refractivity contribution is 5.89. The largest absolute Gasteiger partial charge is 0.490 e. The van der Waals surface area contributed by atoms with Gasteiger partial charge in [-0.25, -0.2) is 4.79 Å². The average Bonchev–Trinajstić information content (AvgIpc) is 3.01. The first-order chi connectivity index (χ1) is 11.6. The van der Waals surface area contributed by atoms with Gasteiger partial charge in [-0.2, -0.15) is 5.10 Å². The number of hydrogen-bond acceptors (Lipinski definition) is 3. The summed E-state index contributed by atoms with van der Waals surface area (Å²) in [7, 11) is 0. The molecule has 1 atom stereocenters. The second kappa shape index (κ2) is 5.85. The molecule has 0 radical (unpaired) electrons. The molecule has 0 bridgehead atoms. The van der Waals surface area contributed by atoms with E-state index in [9.17, 15) is 4.79 Å². The molecule has 6 heteroatoms. The van der Waals surface area contributed by atoms with Crippen LogP contribution in [0.25, 0.3) is 0 Å². The van der Waals surface area contributed by atoms with Gasteiger partial charge in [0, 0.05) is 25.2 Å². The number of hydrogen-bond donors (Lipinski definition) is 1. The number of aryl methyl sites for hydroxylation is 2. The van der Waals surface area contributed by atoms with E-state index in [1.165, 1.54) is 0 Å². The Morgan fingerprint density at radius 2 is 2.21 bits per heavy atom. The molecule has 2 aromatic rings. The first-order valence-electron chi connectivity index (χ1n) is 8.47. The molecule has 1 N–H and O–H groups in total. The van der Waals surface area contributed by atoms with Gasteiger partial charge in [-0.05, 0) is 50.1 Å². The van der Waals surface area contributed by atoms with Crippen molar-refractivity contribution in [2.45, 2.75) is 45.9 Å². The van der Waals surface area contributed by atoms with Crippen LogP contribution in [0, 0.1) is 6.92 Å². The zero-order valence-corrected chi connectivity index (χ0v) is 14.1. The molecule has 126 valence electrons. The Balaban J connectivity index is 1.47. The van der Waals surface area contributed by atoms with Crippen LogP contribution in [-0.4, -0.2) is 33.4 Å². The van der Waals surface area contributed by atoms with E-state index in [-0.39, 0.29) is 12.1 Å². The van der Waals surface area contributed by atoms with Crippen molar-refractivity contribution in [2.24, 2.45) is 0 Å². The molecule has 1 aromatic carbocycles. The smallest absolute Gasteiger partial charge is 0.322 e. The third-order valence-corrected chi connectivity index (χ3v) is 4.57. The Morgan fingerprint density at radius 3 is 3.08 bits per heavy atom. The fourth-order valence-corrected chi connectivity index (χ4v) is 3.48. The van der Waals surface area contributed by atoms with Gasteiger partial charge in [0.05, 0.1) is 17.9 Å². The predicted molar refractivity (Wildman–Crippen MR) is 91.2 cm³/mol. The Kier molecular flexibility index (Phi) is 3.67. The summed E-state index contributed by atoms with van der Waals surface area (Å²) in [6, 6.07) is 7.85. The van der Waals surface area contributed by atoms with Crippen LogP contribution in [-0.2, 0) is 19.5 Å². The fourth-order valence-electron chi connectivity index (χ4n) is 3.48. The Bertz CT molecular complexity index is 783. The summed E-state index contributed by atoms with van der Waals surface area (Å²) in [5.74, 6) is 0.926. The van der Waals surface area contributed by atoms with Crippen LogP contribution in [0.2, 0.25) is 0 Å². The van der Waals surface area contributed by atoms with E-state index in [2.05, 4.69) is 23.4 Å². The molecule has 3 heterocycles. The van der Waals surface area contributed by atoms with Crippen molar-refractivity contribution in [1.82, 2.24) is 14.7 Å². The number of benzene rings is 1. The normalized spacial score (nSPS) is 19.2. The highest BCUT2D eigenvalue weighted by Gasteiger charge is 2.22. The third-order valence-electron chi connectivity index (χ3n) is 4.57. The van der Waals surface area contributed by atoms with Gasteiger partial charge in [-0.15, -0.1) is 0 Å². The predicted octanol–water partition coefficient (Wildman–Crippen LogP) is 2.95. The molecule has 0 aliphatic carbocycles. The van der Waals surface area contributed by atoms with Crippen molar-refractivity contribution in [3.63, 3.8) is 0 Å². The van der Waals surface area contributed by atoms with Crippen molar-refractivity contribution in [1.29, 1.82) is 0 Å². The van der Waals surface area contributed by atoms with Crippen molar-refractivity contribution in [3.05, 3.63) is 41.2 Å². The minimum atomic E-state index is -0.0609. The van der Waals surface area contributed by atoms with Gasteiger partial charge in [0.15, 0.2) is 0 Å². The Hall–Kier alpha value is -2.50. The van der Waals surface area contributed by atoms with Crippen LogP contribution in [0.15, 0.2) is 24.3 Å². The summed E-state index contributed by atoms with van der Waals surface area (Å²) in [5.41, 5.74) is 4.08. The summed E-state index contributed by atoms with van der Waals surface area (Å²) < 4.78 is 7.72.